The largest absolute Gasteiger partial charge is 0.384 e. The molecule has 0 aliphatic rings. The van der Waals surface area contributed by atoms with Crippen LogP contribution in [0.25, 0.3) is 0 Å². The number of aryl methyl sites for hydroxylation is 1. The third-order valence-corrected chi connectivity index (χ3v) is 2.57. The lowest BCUT2D eigenvalue weighted by Crippen LogP contribution is -2.02. The number of aliphatic hydroxyl groups is 1. The molecule has 0 bridgehead atoms. The number of anilines is 1. The molecule has 0 radical (unpaired) electrons. The molecule has 3 nitrogen and oxygen atoms in total. The van der Waals surface area contributed by atoms with Crippen molar-refractivity contribution in [3.63, 3.8) is 0 Å². The highest BCUT2D eigenvalue weighted by Crippen LogP contribution is 2.22. The van der Waals surface area contributed by atoms with Crippen molar-refractivity contribution in [1.29, 1.82) is 0 Å². The van der Waals surface area contributed by atoms with Crippen LogP contribution in [0.5, 0.6) is 0 Å². The first-order valence-electron chi connectivity index (χ1n) is 5.13. The number of aliphatic hydroxyl groups excluding tert-OH is 1. The van der Waals surface area contributed by atoms with Crippen molar-refractivity contribution >= 4 is 5.82 Å². The van der Waals surface area contributed by atoms with Gasteiger partial charge in [0.15, 0.2) is 0 Å². The van der Waals surface area contributed by atoms with Gasteiger partial charge in [-0.3, -0.25) is 0 Å². The number of benzene rings is 1. The minimum absolute atomic E-state index is 0.504. The Labute approximate surface area is 94.6 Å². The summed E-state index contributed by atoms with van der Waals surface area (Å²) in [4.78, 5) is 4.04. The standard InChI is InChI=1S/C13H14N2O/c1-9-7-11(8-15-13(9)14)12(16)10-5-3-2-4-6-10/h2-8,12,16H,1H3,(H2,14,15)/t12-/m1/s1. The Morgan fingerprint density at radius 1 is 1.19 bits per heavy atom. The smallest absolute Gasteiger partial charge is 0.126 e. The molecule has 1 atom stereocenters. The summed E-state index contributed by atoms with van der Waals surface area (Å²) in [6.07, 6.45) is 0.966. The van der Waals surface area contributed by atoms with E-state index in [0.29, 0.717) is 5.82 Å². The predicted octanol–water partition coefficient (Wildman–Crippen LogP) is 2.05. The topological polar surface area (TPSA) is 59.1 Å². The molecule has 0 unspecified atom stereocenters. The van der Waals surface area contributed by atoms with E-state index in [2.05, 4.69) is 4.98 Å². The molecule has 2 aromatic rings. The molecule has 16 heavy (non-hydrogen) atoms. The minimum atomic E-state index is -0.645. The summed E-state index contributed by atoms with van der Waals surface area (Å²) >= 11 is 0. The first-order valence-corrected chi connectivity index (χ1v) is 5.13. The van der Waals surface area contributed by atoms with Crippen molar-refractivity contribution in [2.45, 2.75) is 13.0 Å². The molecule has 82 valence electrons. The van der Waals surface area contributed by atoms with Crippen molar-refractivity contribution in [2.24, 2.45) is 0 Å². The molecule has 1 aromatic heterocycles. The lowest BCUT2D eigenvalue weighted by molar-refractivity contribution is 0.220. The second-order valence-electron chi connectivity index (χ2n) is 3.78. The fourth-order valence-electron chi connectivity index (χ4n) is 1.58. The molecule has 1 aromatic carbocycles. The molecule has 0 amide bonds. The second kappa shape index (κ2) is 4.33. The number of nitrogens with zero attached hydrogens (tertiary/aromatic N) is 1. The maximum atomic E-state index is 10.1. The van der Waals surface area contributed by atoms with Crippen LogP contribution in [0.15, 0.2) is 42.6 Å². The van der Waals surface area contributed by atoms with Gasteiger partial charge in [-0.05, 0) is 24.1 Å². The molecule has 2 rings (SSSR count). The number of nitrogen functional groups attached to an aromatic ring is 1. The summed E-state index contributed by atoms with van der Waals surface area (Å²) in [5.41, 5.74) is 8.13. The van der Waals surface area contributed by atoms with Crippen LogP contribution in [0, 0.1) is 6.92 Å². The predicted molar refractivity (Wildman–Crippen MR) is 63.9 cm³/mol. The van der Waals surface area contributed by atoms with Crippen LogP contribution in [-0.2, 0) is 0 Å². The number of aromatic nitrogens is 1. The third-order valence-electron chi connectivity index (χ3n) is 2.57. The average molecular weight is 214 g/mol. The quantitative estimate of drug-likeness (QED) is 0.804. The fraction of sp³-hybridized carbons (Fsp3) is 0.154. The highest BCUT2D eigenvalue weighted by Gasteiger charge is 2.11. The number of pyridine rings is 1. The number of hydrogen-bond acceptors (Lipinski definition) is 3. The van der Waals surface area contributed by atoms with Crippen LogP contribution in [0.2, 0.25) is 0 Å². The van der Waals surface area contributed by atoms with Gasteiger partial charge in [0, 0.05) is 11.8 Å². The van der Waals surface area contributed by atoms with E-state index in [1.54, 1.807) is 6.20 Å². The molecule has 3 N–H and O–H groups in total. The summed E-state index contributed by atoms with van der Waals surface area (Å²) < 4.78 is 0. The van der Waals surface area contributed by atoms with Crippen LogP contribution in [0.3, 0.4) is 0 Å². The maximum Gasteiger partial charge on any atom is 0.126 e. The third kappa shape index (κ3) is 2.04. The van der Waals surface area contributed by atoms with Crippen LogP contribution in [0.4, 0.5) is 5.82 Å². The molecule has 0 saturated carbocycles. The first-order chi connectivity index (χ1) is 7.68. The number of hydrogen-bond donors (Lipinski definition) is 2. The number of nitrogens with two attached hydrogens (primary N) is 1. The van der Waals surface area contributed by atoms with E-state index in [1.807, 2.05) is 43.3 Å². The zero-order valence-corrected chi connectivity index (χ0v) is 9.09. The Bertz CT molecular complexity index is 483. The Hall–Kier alpha value is -1.87. The van der Waals surface area contributed by atoms with E-state index in [-0.39, 0.29) is 0 Å². The van der Waals surface area contributed by atoms with Gasteiger partial charge in [0.25, 0.3) is 0 Å². The van der Waals surface area contributed by atoms with Crippen molar-refractivity contribution in [1.82, 2.24) is 4.98 Å². The lowest BCUT2D eigenvalue weighted by atomic mass is 10.0. The van der Waals surface area contributed by atoms with E-state index in [4.69, 9.17) is 5.73 Å². The summed E-state index contributed by atoms with van der Waals surface area (Å²) in [7, 11) is 0. The molecule has 3 heteroatoms. The van der Waals surface area contributed by atoms with Crippen molar-refractivity contribution in [3.8, 4) is 0 Å². The highest BCUT2D eigenvalue weighted by atomic mass is 16.3. The molecular formula is C13H14N2O. The summed E-state index contributed by atoms with van der Waals surface area (Å²) in [6, 6.07) is 11.3. The van der Waals surface area contributed by atoms with Crippen molar-refractivity contribution in [2.75, 3.05) is 5.73 Å². The molecule has 0 aliphatic carbocycles. The van der Waals surface area contributed by atoms with Gasteiger partial charge in [-0.1, -0.05) is 30.3 Å². The Kier molecular flexibility index (Phi) is 2.88. The molecule has 0 saturated heterocycles. The molecule has 0 aliphatic heterocycles. The van der Waals surface area contributed by atoms with Gasteiger partial charge in [-0.15, -0.1) is 0 Å². The lowest BCUT2D eigenvalue weighted by Gasteiger charge is -2.12. The zero-order chi connectivity index (χ0) is 11.5. The summed E-state index contributed by atoms with van der Waals surface area (Å²) in [5, 5.41) is 10.1. The van der Waals surface area contributed by atoms with Crippen molar-refractivity contribution in [3.05, 3.63) is 59.3 Å². The van der Waals surface area contributed by atoms with Gasteiger partial charge in [0.05, 0.1) is 0 Å². The first kappa shape index (κ1) is 10.6. The van der Waals surface area contributed by atoms with E-state index in [1.165, 1.54) is 0 Å². The SMILES string of the molecule is Cc1cc([C@H](O)c2ccccc2)cnc1N. The fourth-order valence-corrected chi connectivity index (χ4v) is 1.58. The Morgan fingerprint density at radius 2 is 1.88 bits per heavy atom. The average Bonchev–Trinajstić information content (AvgIpc) is 2.33. The van der Waals surface area contributed by atoms with E-state index in [9.17, 15) is 5.11 Å². The van der Waals surface area contributed by atoms with Crippen LogP contribution >= 0.6 is 0 Å². The number of rotatable bonds is 2. The summed E-state index contributed by atoms with van der Waals surface area (Å²) in [5.74, 6) is 0.504. The van der Waals surface area contributed by atoms with E-state index in [0.717, 1.165) is 16.7 Å². The van der Waals surface area contributed by atoms with E-state index < -0.39 is 6.10 Å². The monoisotopic (exact) mass is 214 g/mol. The van der Waals surface area contributed by atoms with Gasteiger partial charge in [-0.2, -0.15) is 0 Å². The Morgan fingerprint density at radius 3 is 2.50 bits per heavy atom. The summed E-state index contributed by atoms with van der Waals surface area (Å²) in [6.45, 7) is 1.88. The van der Waals surface area contributed by atoms with E-state index >= 15 is 0 Å². The van der Waals surface area contributed by atoms with Gasteiger partial charge in [0.1, 0.15) is 11.9 Å². The molecule has 0 spiro atoms. The van der Waals surface area contributed by atoms with Crippen LogP contribution in [-0.4, -0.2) is 10.1 Å². The zero-order valence-electron chi connectivity index (χ0n) is 9.09. The van der Waals surface area contributed by atoms with Gasteiger partial charge in [0.2, 0.25) is 0 Å². The normalized spacial score (nSPS) is 12.4. The highest BCUT2D eigenvalue weighted by molar-refractivity contribution is 5.41. The molecular weight excluding hydrogens is 200 g/mol. The van der Waals surface area contributed by atoms with Crippen LogP contribution in [0.1, 0.15) is 22.8 Å². The van der Waals surface area contributed by atoms with Gasteiger partial charge < -0.3 is 10.8 Å². The molecule has 0 fully saturated rings. The van der Waals surface area contributed by atoms with Crippen LogP contribution < -0.4 is 5.73 Å². The maximum absolute atomic E-state index is 10.1. The Balaban J connectivity index is 2.34. The minimum Gasteiger partial charge on any atom is -0.384 e. The van der Waals surface area contributed by atoms with Gasteiger partial charge >= 0.3 is 0 Å². The van der Waals surface area contributed by atoms with Gasteiger partial charge in [-0.25, -0.2) is 4.98 Å². The second-order valence-corrected chi connectivity index (χ2v) is 3.78. The van der Waals surface area contributed by atoms with Crippen molar-refractivity contribution < 1.29 is 5.11 Å². The molecule has 1 heterocycles.